The quantitative estimate of drug-likeness (QED) is 0.557. The number of nitrogens with zero attached hydrogens (tertiary/aromatic N) is 3. The van der Waals surface area contributed by atoms with Crippen LogP contribution in [-0.4, -0.2) is 73.3 Å². The van der Waals surface area contributed by atoms with Crippen molar-refractivity contribution < 1.29 is 13.9 Å². The summed E-state index contributed by atoms with van der Waals surface area (Å²) in [5.74, 6) is 0.352. The van der Waals surface area contributed by atoms with Crippen molar-refractivity contribution in [2.24, 2.45) is 5.92 Å². The van der Waals surface area contributed by atoms with Crippen molar-refractivity contribution in [1.29, 1.82) is 0 Å². The normalized spacial score (nSPS) is 19.5. The number of aromatic nitrogens is 2. The molecule has 5 rings (SSSR count). The lowest BCUT2D eigenvalue weighted by atomic mass is 9.96. The number of morpholine rings is 1. The Morgan fingerprint density at radius 2 is 2.06 bits per heavy atom. The lowest BCUT2D eigenvalue weighted by Gasteiger charge is -2.34. The van der Waals surface area contributed by atoms with Crippen LogP contribution in [0, 0.1) is 11.7 Å². The summed E-state index contributed by atoms with van der Waals surface area (Å²) in [5, 5.41) is 3.69. The number of hydrogen-bond acceptors (Lipinski definition) is 5. The molecule has 34 heavy (non-hydrogen) atoms. The van der Waals surface area contributed by atoms with Crippen LogP contribution < -0.4 is 10.2 Å². The van der Waals surface area contributed by atoms with Crippen LogP contribution in [0.2, 0.25) is 5.02 Å². The molecule has 0 bridgehead atoms. The Labute approximate surface area is 203 Å². The number of fused-ring (bicyclic) bond motifs is 1. The molecule has 2 fully saturated rings. The first-order chi connectivity index (χ1) is 16.6. The highest BCUT2D eigenvalue weighted by molar-refractivity contribution is 6.33. The fourth-order valence-electron chi connectivity index (χ4n) is 4.73. The van der Waals surface area contributed by atoms with E-state index >= 15 is 0 Å². The zero-order chi connectivity index (χ0) is 23.5. The smallest absolute Gasteiger partial charge is 0.224 e. The summed E-state index contributed by atoms with van der Waals surface area (Å²) in [4.78, 5) is 25.1. The van der Waals surface area contributed by atoms with Gasteiger partial charge in [0.25, 0.3) is 0 Å². The number of carbonyl (C=O) groups is 1. The molecule has 0 unspecified atom stereocenters. The lowest BCUT2D eigenvalue weighted by molar-refractivity contribution is -0.125. The number of amides is 1. The van der Waals surface area contributed by atoms with Crippen molar-refractivity contribution in [3.05, 3.63) is 47.2 Å². The van der Waals surface area contributed by atoms with Crippen molar-refractivity contribution in [3.63, 3.8) is 0 Å². The van der Waals surface area contributed by atoms with Gasteiger partial charge in [-0.25, -0.2) is 9.37 Å². The van der Waals surface area contributed by atoms with Crippen LogP contribution in [0.25, 0.3) is 22.4 Å². The van der Waals surface area contributed by atoms with E-state index in [0.717, 1.165) is 63.5 Å². The summed E-state index contributed by atoms with van der Waals surface area (Å²) in [5.41, 5.74) is 3.07. The van der Waals surface area contributed by atoms with Gasteiger partial charge < -0.3 is 19.9 Å². The Balaban J connectivity index is 1.25. The highest BCUT2D eigenvalue weighted by Gasteiger charge is 2.26. The maximum Gasteiger partial charge on any atom is 0.224 e. The zero-order valence-corrected chi connectivity index (χ0v) is 19.8. The number of halogens is 2. The van der Waals surface area contributed by atoms with Gasteiger partial charge in [0, 0.05) is 50.5 Å². The van der Waals surface area contributed by atoms with Gasteiger partial charge in [-0.2, -0.15) is 0 Å². The first-order valence-electron chi connectivity index (χ1n) is 11.8. The number of nitrogens with one attached hydrogen (secondary N) is 2. The van der Waals surface area contributed by atoms with Gasteiger partial charge in [0.15, 0.2) is 0 Å². The minimum Gasteiger partial charge on any atom is -0.379 e. The molecule has 3 aromatic rings. The van der Waals surface area contributed by atoms with Crippen LogP contribution in [0.15, 0.2) is 36.4 Å². The Morgan fingerprint density at radius 3 is 2.91 bits per heavy atom. The van der Waals surface area contributed by atoms with Crippen LogP contribution in [-0.2, 0) is 9.53 Å². The molecule has 2 aliphatic heterocycles. The van der Waals surface area contributed by atoms with Crippen molar-refractivity contribution in [1.82, 2.24) is 20.2 Å². The number of rotatable bonds is 6. The molecule has 2 aromatic carbocycles. The summed E-state index contributed by atoms with van der Waals surface area (Å²) in [6.45, 7) is 6.43. The molecule has 2 saturated heterocycles. The van der Waals surface area contributed by atoms with E-state index in [2.05, 4.69) is 25.1 Å². The molecule has 180 valence electrons. The van der Waals surface area contributed by atoms with Crippen molar-refractivity contribution in [2.45, 2.75) is 12.8 Å². The number of ether oxygens (including phenoxy) is 1. The second kappa shape index (κ2) is 10.3. The summed E-state index contributed by atoms with van der Waals surface area (Å²) >= 11 is 6.50. The molecule has 9 heteroatoms. The number of aromatic amines is 1. The summed E-state index contributed by atoms with van der Waals surface area (Å²) in [6, 6.07) is 10.3. The van der Waals surface area contributed by atoms with E-state index in [0.29, 0.717) is 35.0 Å². The molecule has 0 aliphatic carbocycles. The number of hydrogen-bond donors (Lipinski definition) is 2. The van der Waals surface area contributed by atoms with E-state index in [4.69, 9.17) is 16.3 Å². The van der Waals surface area contributed by atoms with Gasteiger partial charge in [0.05, 0.1) is 35.2 Å². The summed E-state index contributed by atoms with van der Waals surface area (Å²) in [6.07, 6.45) is 1.83. The van der Waals surface area contributed by atoms with Gasteiger partial charge >= 0.3 is 0 Å². The van der Waals surface area contributed by atoms with Gasteiger partial charge in [0.2, 0.25) is 5.91 Å². The zero-order valence-electron chi connectivity index (χ0n) is 19.0. The fourth-order valence-corrected chi connectivity index (χ4v) is 4.94. The number of anilines is 1. The third kappa shape index (κ3) is 5.19. The number of carbonyl (C=O) groups excluding carboxylic acids is 1. The molecule has 1 atom stereocenters. The Morgan fingerprint density at radius 1 is 1.21 bits per heavy atom. The Bertz CT molecular complexity index is 1160. The minimum atomic E-state index is -0.315. The summed E-state index contributed by atoms with van der Waals surface area (Å²) < 4.78 is 19.0. The number of benzene rings is 2. The molecular formula is C25H29ClFN5O2. The second-order valence-corrected chi connectivity index (χ2v) is 9.35. The molecule has 0 spiro atoms. The molecule has 3 heterocycles. The topological polar surface area (TPSA) is 73.5 Å². The van der Waals surface area contributed by atoms with Crippen LogP contribution in [0.1, 0.15) is 12.8 Å². The Kier molecular flexibility index (Phi) is 6.99. The Hall–Kier alpha value is -2.68. The predicted molar refractivity (Wildman–Crippen MR) is 132 cm³/mol. The van der Waals surface area contributed by atoms with Gasteiger partial charge in [-0.05, 0) is 49.2 Å². The van der Waals surface area contributed by atoms with E-state index in [1.807, 2.05) is 18.2 Å². The van der Waals surface area contributed by atoms with Crippen molar-refractivity contribution in [3.8, 4) is 11.4 Å². The van der Waals surface area contributed by atoms with Crippen molar-refractivity contribution in [2.75, 3.05) is 57.4 Å². The SMILES string of the molecule is O=C(NCCN1CCOCC1)[C@H]1CCCN(c2ccc(Cl)c(-c3nc4ccc(F)cc4[nH]3)c2)C1. The molecule has 0 saturated carbocycles. The standard InChI is InChI=1S/C25H29ClFN5O2/c26-21-5-4-19(15-20(21)24-29-22-6-3-18(27)14-23(22)30-24)32-8-1-2-17(16-32)25(33)28-7-9-31-10-12-34-13-11-31/h3-6,14-15,17H,1-2,7-13,16H2,(H,28,33)(H,29,30)/t17-/m0/s1. The average Bonchev–Trinajstić information content (AvgIpc) is 3.28. The second-order valence-electron chi connectivity index (χ2n) is 8.94. The van der Waals surface area contributed by atoms with Gasteiger partial charge in [-0.1, -0.05) is 11.6 Å². The molecule has 1 amide bonds. The van der Waals surface area contributed by atoms with E-state index in [1.54, 1.807) is 6.07 Å². The highest BCUT2D eigenvalue weighted by Crippen LogP contribution is 2.33. The van der Waals surface area contributed by atoms with Crippen LogP contribution in [0.5, 0.6) is 0 Å². The average molecular weight is 486 g/mol. The van der Waals surface area contributed by atoms with E-state index in [9.17, 15) is 9.18 Å². The molecule has 1 aromatic heterocycles. The predicted octanol–water partition coefficient (Wildman–Crippen LogP) is 3.69. The molecular weight excluding hydrogens is 457 g/mol. The third-order valence-electron chi connectivity index (χ3n) is 6.64. The monoisotopic (exact) mass is 485 g/mol. The minimum absolute atomic E-state index is 0.0493. The molecule has 7 nitrogen and oxygen atoms in total. The largest absolute Gasteiger partial charge is 0.379 e. The van der Waals surface area contributed by atoms with Gasteiger partial charge in [-0.15, -0.1) is 0 Å². The maximum atomic E-state index is 13.6. The van der Waals surface area contributed by atoms with Gasteiger partial charge in [-0.3, -0.25) is 9.69 Å². The van der Waals surface area contributed by atoms with E-state index in [-0.39, 0.29) is 17.6 Å². The molecule has 2 aliphatic rings. The first kappa shape index (κ1) is 23.1. The number of imidazole rings is 1. The van der Waals surface area contributed by atoms with E-state index in [1.165, 1.54) is 12.1 Å². The highest BCUT2D eigenvalue weighted by atomic mass is 35.5. The summed E-state index contributed by atoms with van der Waals surface area (Å²) in [7, 11) is 0. The van der Waals surface area contributed by atoms with E-state index < -0.39 is 0 Å². The number of H-pyrrole nitrogens is 1. The van der Waals surface area contributed by atoms with Crippen LogP contribution in [0.4, 0.5) is 10.1 Å². The van der Waals surface area contributed by atoms with Crippen LogP contribution in [0.3, 0.4) is 0 Å². The molecule has 2 N–H and O–H groups in total. The molecule has 0 radical (unpaired) electrons. The van der Waals surface area contributed by atoms with Gasteiger partial charge in [0.1, 0.15) is 11.6 Å². The maximum absolute atomic E-state index is 13.6. The third-order valence-corrected chi connectivity index (χ3v) is 6.97. The lowest BCUT2D eigenvalue weighted by Crippen LogP contribution is -2.46. The first-order valence-corrected chi connectivity index (χ1v) is 12.2. The van der Waals surface area contributed by atoms with Crippen LogP contribution >= 0.6 is 11.6 Å². The fraction of sp³-hybridized carbons (Fsp3) is 0.440. The number of piperidine rings is 1. The van der Waals surface area contributed by atoms with Crippen molar-refractivity contribution >= 4 is 34.2 Å².